The van der Waals surface area contributed by atoms with Gasteiger partial charge >= 0.3 is 5.97 Å². The van der Waals surface area contributed by atoms with Crippen molar-refractivity contribution in [1.82, 2.24) is 0 Å². The molecule has 0 bridgehead atoms. The van der Waals surface area contributed by atoms with Crippen LogP contribution in [0, 0.1) is 0 Å². The molecular formula is C18H21NO5. The van der Waals surface area contributed by atoms with E-state index in [9.17, 15) is 9.90 Å². The molecule has 0 aromatic heterocycles. The number of benzene rings is 2. The minimum atomic E-state index is -1.07. The lowest BCUT2D eigenvalue weighted by atomic mass is 10.1. The predicted octanol–water partition coefficient (Wildman–Crippen LogP) is 3.19. The average Bonchev–Trinajstić information content (AvgIpc) is 2.60. The van der Waals surface area contributed by atoms with Crippen molar-refractivity contribution < 1.29 is 24.1 Å². The van der Waals surface area contributed by atoms with Gasteiger partial charge in [-0.1, -0.05) is 30.3 Å². The first-order valence-corrected chi connectivity index (χ1v) is 7.54. The smallest absolute Gasteiger partial charge is 0.337 e. The fraction of sp³-hybridized carbons (Fsp3) is 0.278. The number of ether oxygens (including phenoxy) is 3. The van der Waals surface area contributed by atoms with Gasteiger partial charge in [0.05, 0.1) is 13.2 Å². The highest BCUT2D eigenvalue weighted by molar-refractivity contribution is 5.74. The monoisotopic (exact) mass is 331 g/mol. The van der Waals surface area contributed by atoms with E-state index < -0.39 is 12.1 Å². The SMILES string of the molecule is COCCOCOC(C(=O)O)c1ccc(Nc2ccccc2)cc1. The number of hydrogen-bond donors (Lipinski definition) is 2. The minimum Gasteiger partial charge on any atom is -0.479 e. The maximum Gasteiger partial charge on any atom is 0.337 e. The first kappa shape index (κ1) is 17.9. The number of carboxylic acids is 1. The van der Waals surface area contributed by atoms with Crippen LogP contribution in [0.4, 0.5) is 11.4 Å². The normalized spacial score (nSPS) is 11.9. The number of aliphatic carboxylic acids is 1. The lowest BCUT2D eigenvalue weighted by molar-refractivity contribution is -0.162. The van der Waals surface area contributed by atoms with Crippen LogP contribution in [-0.4, -0.2) is 38.2 Å². The molecule has 0 saturated heterocycles. The number of carboxylic acid groups (broad SMARTS) is 1. The summed E-state index contributed by atoms with van der Waals surface area (Å²) in [5, 5.41) is 12.6. The van der Waals surface area contributed by atoms with E-state index in [1.807, 2.05) is 42.5 Å². The summed E-state index contributed by atoms with van der Waals surface area (Å²) in [7, 11) is 1.56. The Labute approximate surface area is 141 Å². The van der Waals surface area contributed by atoms with Crippen LogP contribution in [0.2, 0.25) is 0 Å². The standard InChI is InChI=1S/C18H21NO5/c1-22-11-12-23-13-24-17(18(20)21)14-7-9-16(10-8-14)19-15-5-3-2-4-6-15/h2-10,17,19H,11-13H2,1H3,(H,20,21). The van der Waals surface area contributed by atoms with Crippen LogP contribution in [0.5, 0.6) is 0 Å². The van der Waals surface area contributed by atoms with Crippen LogP contribution in [0.25, 0.3) is 0 Å². The summed E-state index contributed by atoms with van der Waals surface area (Å²) < 4.78 is 15.3. The van der Waals surface area contributed by atoms with Crippen molar-refractivity contribution in [2.24, 2.45) is 0 Å². The molecule has 1 unspecified atom stereocenters. The Hall–Kier alpha value is -2.41. The fourth-order valence-electron chi connectivity index (χ4n) is 2.06. The number of hydrogen-bond acceptors (Lipinski definition) is 5. The summed E-state index contributed by atoms with van der Waals surface area (Å²) in [6, 6.07) is 16.8. The molecule has 2 aromatic carbocycles. The van der Waals surface area contributed by atoms with Gasteiger partial charge < -0.3 is 24.6 Å². The second-order valence-corrected chi connectivity index (χ2v) is 5.02. The van der Waals surface area contributed by atoms with E-state index in [2.05, 4.69) is 5.32 Å². The zero-order valence-electron chi connectivity index (χ0n) is 13.5. The second-order valence-electron chi connectivity index (χ2n) is 5.02. The minimum absolute atomic E-state index is 0.107. The Morgan fingerprint density at radius 2 is 1.71 bits per heavy atom. The van der Waals surface area contributed by atoms with Crippen LogP contribution in [0.15, 0.2) is 54.6 Å². The third kappa shape index (κ3) is 5.66. The molecule has 0 radical (unpaired) electrons. The molecule has 0 spiro atoms. The molecule has 0 saturated carbocycles. The van der Waals surface area contributed by atoms with Gasteiger partial charge in [0.1, 0.15) is 6.79 Å². The molecule has 2 N–H and O–H groups in total. The summed E-state index contributed by atoms with van der Waals surface area (Å²) in [4.78, 5) is 11.4. The Morgan fingerprint density at radius 1 is 1.04 bits per heavy atom. The third-order valence-electron chi connectivity index (χ3n) is 3.25. The van der Waals surface area contributed by atoms with Gasteiger partial charge in [0.25, 0.3) is 0 Å². The largest absolute Gasteiger partial charge is 0.479 e. The molecule has 1 atom stereocenters. The van der Waals surface area contributed by atoms with Crippen molar-refractivity contribution in [3.05, 3.63) is 60.2 Å². The van der Waals surface area contributed by atoms with E-state index in [1.54, 1.807) is 19.2 Å². The van der Waals surface area contributed by atoms with Crippen molar-refractivity contribution in [2.75, 3.05) is 32.4 Å². The van der Waals surface area contributed by atoms with E-state index in [0.29, 0.717) is 18.8 Å². The molecule has 2 rings (SSSR count). The molecule has 0 fully saturated rings. The van der Waals surface area contributed by atoms with Gasteiger partial charge in [-0.05, 0) is 29.8 Å². The van der Waals surface area contributed by atoms with E-state index in [1.165, 1.54) is 0 Å². The van der Waals surface area contributed by atoms with E-state index in [0.717, 1.165) is 11.4 Å². The molecule has 0 aliphatic carbocycles. The quantitative estimate of drug-likeness (QED) is 0.514. The lowest BCUT2D eigenvalue weighted by Crippen LogP contribution is -2.18. The maximum absolute atomic E-state index is 11.4. The van der Waals surface area contributed by atoms with Crippen LogP contribution in [-0.2, 0) is 19.0 Å². The number of methoxy groups -OCH3 is 1. The molecule has 0 aliphatic heterocycles. The summed E-state index contributed by atoms with van der Waals surface area (Å²) in [5.74, 6) is -1.06. The Morgan fingerprint density at radius 3 is 2.33 bits per heavy atom. The van der Waals surface area contributed by atoms with Gasteiger partial charge in [-0.3, -0.25) is 0 Å². The molecule has 0 heterocycles. The van der Waals surface area contributed by atoms with Crippen LogP contribution >= 0.6 is 0 Å². The zero-order valence-corrected chi connectivity index (χ0v) is 13.5. The second kappa shape index (κ2) is 9.67. The van der Waals surface area contributed by atoms with Gasteiger partial charge in [0.15, 0.2) is 6.10 Å². The molecule has 6 heteroatoms. The van der Waals surface area contributed by atoms with Crippen molar-refractivity contribution in [3.8, 4) is 0 Å². The summed E-state index contributed by atoms with van der Waals surface area (Å²) in [5.41, 5.74) is 2.38. The first-order valence-electron chi connectivity index (χ1n) is 7.54. The predicted molar refractivity (Wildman–Crippen MR) is 90.3 cm³/mol. The highest BCUT2D eigenvalue weighted by Crippen LogP contribution is 2.22. The maximum atomic E-state index is 11.4. The first-order chi connectivity index (χ1) is 11.7. The van der Waals surface area contributed by atoms with Crippen molar-refractivity contribution in [1.29, 1.82) is 0 Å². The Balaban J connectivity index is 1.94. The third-order valence-corrected chi connectivity index (χ3v) is 3.25. The van der Waals surface area contributed by atoms with Gasteiger partial charge in [-0.15, -0.1) is 0 Å². The van der Waals surface area contributed by atoms with Gasteiger partial charge in [-0.25, -0.2) is 4.79 Å². The summed E-state index contributed by atoms with van der Waals surface area (Å²) in [6.07, 6.45) is -1.07. The highest BCUT2D eigenvalue weighted by atomic mass is 16.7. The van der Waals surface area contributed by atoms with Crippen LogP contribution in [0.1, 0.15) is 11.7 Å². The van der Waals surface area contributed by atoms with Gasteiger partial charge in [-0.2, -0.15) is 0 Å². The molecule has 0 amide bonds. The number of rotatable bonds is 10. The van der Waals surface area contributed by atoms with Crippen molar-refractivity contribution in [3.63, 3.8) is 0 Å². The molecular weight excluding hydrogens is 310 g/mol. The number of carbonyl (C=O) groups is 1. The number of anilines is 2. The van der Waals surface area contributed by atoms with E-state index >= 15 is 0 Å². The molecule has 2 aromatic rings. The summed E-state index contributed by atoms with van der Waals surface area (Å²) >= 11 is 0. The van der Waals surface area contributed by atoms with Gasteiger partial charge in [0, 0.05) is 18.5 Å². The summed E-state index contributed by atoms with van der Waals surface area (Å²) in [6.45, 7) is 0.675. The average molecular weight is 331 g/mol. The van der Waals surface area contributed by atoms with Crippen molar-refractivity contribution in [2.45, 2.75) is 6.10 Å². The molecule has 128 valence electrons. The van der Waals surface area contributed by atoms with E-state index in [4.69, 9.17) is 14.2 Å². The fourth-order valence-corrected chi connectivity index (χ4v) is 2.06. The molecule has 6 nitrogen and oxygen atoms in total. The van der Waals surface area contributed by atoms with E-state index in [-0.39, 0.29) is 6.79 Å². The number of nitrogens with one attached hydrogen (secondary N) is 1. The van der Waals surface area contributed by atoms with Gasteiger partial charge in [0.2, 0.25) is 0 Å². The topological polar surface area (TPSA) is 77.0 Å². The van der Waals surface area contributed by atoms with Crippen molar-refractivity contribution >= 4 is 17.3 Å². The Bertz CT molecular complexity index is 615. The molecule has 0 aliphatic rings. The van der Waals surface area contributed by atoms with Crippen LogP contribution < -0.4 is 5.32 Å². The molecule has 24 heavy (non-hydrogen) atoms. The Kier molecular flexibility index (Phi) is 7.22. The highest BCUT2D eigenvalue weighted by Gasteiger charge is 2.20. The van der Waals surface area contributed by atoms with Crippen LogP contribution in [0.3, 0.4) is 0 Å². The zero-order chi connectivity index (χ0) is 17.2. The lowest BCUT2D eigenvalue weighted by Gasteiger charge is -2.15. The number of para-hydroxylation sites is 1.